The van der Waals surface area contributed by atoms with Crippen LogP contribution >= 0.6 is 27.5 Å². The Morgan fingerprint density at radius 2 is 1.90 bits per heavy atom. The van der Waals surface area contributed by atoms with E-state index in [-0.39, 0.29) is 11.5 Å². The lowest BCUT2D eigenvalue weighted by molar-refractivity contribution is 0.403. The Morgan fingerprint density at radius 3 is 2.50 bits per heavy atom. The molecular weight excluding hydrogens is 344 g/mol. The quantitative estimate of drug-likeness (QED) is 0.723. The van der Waals surface area contributed by atoms with E-state index >= 15 is 0 Å². The van der Waals surface area contributed by atoms with Crippen LogP contribution in [0.1, 0.15) is 11.6 Å². The lowest BCUT2D eigenvalue weighted by atomic mass is 10.1. The second kappa shape index (κ2) is 6.04. The van der Waals surface area contributed by atoms with Crippen LogP contribution in [0.25, 0.3) is 0 Å². The normalized spacial score (nSPS) is 11.7. The van der Waals surface area contributed by atoms with Gasteiger partial charge in [-0.05, 0) is 51.8 Å². The van der Waals surface area contributed by atoms with E-state index in [2.05, 4.69) is 27.3 Å². The van der Waals surface area contributed by atoms with Crippen molar-refractivity contribution in [2.24, 2.45) is 0 Å². The summed E-state index contributed by atoms with van der Waals surface area (Å²) in [6.07, 6.45) is 0. The number of aromatic hydroxyl groups is 2. The molecular formula is C14H10BrClN2O2. The third-order valence-electron chi connectivity index (χ3n) is 2.69. The highest BCUT2D eigenvalue weighted by Crippen LogP contribution is 2.31. The second-order valence-electron chi connectivity index (χ2n) is 4.08. The zero-order valence-electron chi connectivity index (χ0n) is 10.1. The number of halogens is 2. The number of nitriles is 1. The Balaban J connectivity index is 2.26. The summed E-state index contributed by atoms with van der Waals surface area (Å²) in [6, 6.07) is 10.9. The molecule has 0 fully saturated rings. The first-order chi connectivity index (χ1) is 9.51. The smallest absolute Gasteiger partial charge is 0.157 e. The summed E-state index contributed by atoms with van der Waals surface area (Å²) in [6.45, 7) is 0. The molecule has 2 rings (SSSR count). The van der Waals surface area contributed by atoms with Crippen molar-refractivity contribution in [3.8, 4) is 17.6 Å². The standard InChI is InChI=1S/C14H10BrClN2O2/c15-10-6-9(2-3-11(10)16)18-12(7-17)8-1-4-13(19)14(20)5-8/h1-6,12,18-20H. The number of nitrogens with one attached hydrogen (secondary N) is 1. The second-order valence-corrected chi connectivity index (χ2v) is 5.35. The molecule has 2 aromatic carbocycles. The van der Waals surface area contributed by atoms with E-state index < -0.39 is 6.04 Å². The van der Waals surface area contributed by atoms with Gasteiger partial charge >= 0.3 is 0 Å². The van der Waals surface area contributed by atoms with E-state index in [0.717, 1.165) is 4.47 Å². The van der Waals surface area contributed by atoms with Crippen molar-refractivity contribution < 1.29 is 10.2 Å². The Labute approximate surface area is 129 Å². The van der Waals surface area contributed by atoms with Crippen LogP contribution in [0, 0.1) is 11.3 Å². The maximum absolute atomic E-state index is 9.48. The Hall–Kier alpha value is -1.90. The lowest BCUT2D eigenvalue weighted by Gasteiger charge is -2.14. The molecule has 1 atom stereocenters. The molecule has 0 aliphatic heterocycles. The monoisotopic (exact) mass is 352 g/mol. The molecule has 3 N–H and O–H groups in total. The minimum Gasteiger partial charge on any atom is -0.504 e. The van der Waals surface area contributed by atoms with Gasteiger partial charge in [-0.1, -0.05) is 17.7 Å². The van der Waals surface area contributed by atoms with Crippen LogP contribution in [0.15, 0.2) is 40.9 Å². The third-order valence-corrected chi connectivity index (χ3v) is 3.91. The predicted molar refractivity (Wildman–Crippen MR) is 80.9 cm³/mol. The molecule has 0 bridgehead atoms. The first-order valence-corrected chi connectivity index (χ1v) is 6.81. The number of phenolic OH excluding ortho intramolecular Hbond substituents is 2. The van der Waals surface area contributed by atoms with Crippen molar-refractivity contribution in [1.82, 2.24) is 0 Å². The molecule has 6 heteroatoms. The van der Waals surface area contributed by atoms with Crippen molar-refractivity contribution in [1.29, 1.82) is 5.26 Å². The van der Waals surface area contributed by atoms with E-state index in [1.54, 1.807) is 24.3 Å². The average Bonchev–Trinajstić information content (AvgIpc) is 2.43. The molecule has 0 saturated carbocycles. The summed E-state index contributed by atoms with van der Waals surface area (Å²) in [4.78, 5) is 0. The van der Waals surface area contributed by atoms with Gasteiger partial charge in [-0.25, -0.2) is 0 Å². The highest BCUT2D eigenvalue weighted by molar-refractivity contribution is 9.10. The summed E-state index contributed by atoms with van der Waals surface area (Å²) in [5, 5.41) is 31.6. The number of anilines is 1. The highest BCUT2D eigenvalue weighted by Gasteiger charge is 2.13. The van der Waals surface area contributed by atoms with E-state index in [1.807, 2.05) is 0 Å². The van der Waals surface area contributed by atoms with Crippen LogP contribution in [0.3, 0.4) is 0 Å². The zero-order chi connectivity index (χ0) is 14.7. The van der Waals surface area contributed by atoms with Gasteiger partial charge in [0.05, 0.1) is 11.1 Å². The van der Waals surface area contributed by atoms with E-state index in [4.69, 9.17) is 11.6 Å². The molecule has 1 unspecified atom stereocenters. The number of benzene rings is 2. The van der Waals surface area contributed by atoms with E-state index in [1.165, 1.54) is 12.1 Å². The average molecular weight is 354 g/mol. The molecule has 0 saturated heterocycles. The van der Waals surface area contributed by atoms with Crippen molar-refractivity contribution >= 4 is 33.2 Å². The maximum atomic E-state index is 9.48. The zero-order valence-corrected chi connectivity index (χ0v) is 12.5. The molecule has 2 aromatic rings. The van der Waals surface area contributed by atoms with Crippen LogP contribution in [-0.4, -0.2) is 10.2 Å². The molecule has 0 aliphatic rings. The van der Waals surface area contributed by atoms with Gasteiger partial charge in [0.1, 0.15) is 6.04 Å². The molecule has 0 spiro atoms. The largest absolute Gasteiger partial charge is 0.504 e. The molecule has 0 radical (unpaired) electrons. The summed E-state index contributed by atoms with van der Waals surface area (Å²) in [5.74, 6) is -0.485. The van der Waals surface area contributed by atoms with Gasteiger partial charge < -0.3 is 15.5 Å². The number of nitrogens with zero attached hydrogens (tertiary/aromatic N) is 1. The highest BCUT2D eigenvalue weighted by atomic mass is 79.9. The molecule has 0 heterocycles. The van der Waals surface area contributed by atoms with Crippen LogP contribution in [0.4, 0.5) is 5.69 Å². The number of rotatable bonds is 3. The summed E-state index contributed by atoms with van der Waals surface area (Å²) < 4.78 is 0.717. The predicted octanol–water partition coefficient (Wildman–Crippen LogP) is 4.19. The SMILES string of the molecule is N#CC(Nc1ccc(Cl)c(Br)c1)c1ccc(O)c(O)c1. The fourth-order valence-corrected chi connectivity index (χ4v) is 2.16. The number of phenols is 2. The number of hydrogen-bond acceptors (Lipinski definition) is 4. The molecule has 102 valence electrons. The van der Waals surface area contributed by atoms with Gasteiger partial charge in [0.15, 0.2) is 11.5 Å². The maximum Gasteiger partial charge on any atom is 0.157 e. The lowest BCUT2D eigenvalue weighted by Crippen LogP contribution is -2.08. The van der Waals surface area contributed by atoms with Gasteiger partial charge in [-0.3, -0.25) is 0 Å². The van der Waals surface area contributed by atoms with Crippen molar-refractivity contribution in [2.45, 2.75) is 6.04 Å². The molecule has 20 heavy (non-hydrogen) atoms. The third kappa shape index (κ3) is 3.16. The summed E-state index contributed by atoms with van der Waals surface area (Å²) in [5.41, 5.74) is 1.26. The first kappa shape index (κ1) is 14.5. The topological polar surface area (TPSA) is 76.3 Å². The van der Waals surface area contributed by atoms with Gasteiger partial charge in [0, 0.05) is 10.2 Å². The van der Waals surface area contributed by atoms with Crippen LogP contribution in [0.2, 0.25) is 5.02 Å². The van der Waals surface area contributed by atoms with Gasteiger partial charge in [-0.15, -0.1) is 0 Å². The fraction of sp³-hybridized carbons (Fsp3) is 0.0714. The van der Waals surface area contributed by atoms with Crippen LogP contribution < -0.4 is 5.32 Å². The van der Waals surface area contributed by atoms with Crippen LogP contribution in [-0.2, 0) is 0 Å². The van der Waals surface area contributed by atoms with Gasteiger partial charge in [0.25, 0.3) is 0 Å². The van der Waals surface area contributed by atoms with E-state index in [0.29, 0.717) is 16.3 Å². The summed E-state index contributed by atoms with van der Waals surface area (Å²) in [7, 11) is 0. The first-order valence-electron chi connectivity index (χ1n) is 5.64. The fourth-order valence-electron chi connectivity index (χ4n) is 1.66. The van der Waals surface area contributed by atoms with Crippen molar-refractivity contribution in [3.63, 3.8) is 0 Å². The van der Waals surface area contributed by atoms with Gasteiger partial charge in [0.2, 0.25) is 0 Å². The Kier molecular flexibility index (Phi) is 4.38. The van der Waals surface area contributed by atoms with Crippen LogP contribution in [0.5, 0.6) is 11.5 Å². The Bertz CT molecular complexity index is 685. The molecule has 0 aromatic heterocycles. The minimum absolute atomic E-state index is 0.223. The molecule has 0 amide bonds. The molecule has 0 aliphatic carbocycles. The van der Waals surface area contributed by atoms with Crippen molar-refractivity contribution in [2.75, 3.05) is 5.32 Å². The van der Waals surface area contributed by atoms with Gasteiger partial charge in [-0.2, -0.15) is 5.26 Å². The minimum atomic E-state index is -0.658. The number of hydrogen-bond donors (Lipinski definition) is 3. The Morgan fingerprint density at radius 1 is 1.15 bits per heavy atom. The molecule has 4 nitrogen and oxygen atoms in total. The van der Waals surface area contributed by atoms with E-state index in [9.17, 15) is 15.5 Å². The van der Waals surface area contributed by atoms with Crippen molar-refractivity contribution in [3.05, 3.63) is 51.5 Å². The summed E-state index contributed by atoms with van der Waals surface area (Å²) >= 11 is 9.21.